The molecule has 2 saturated heterocycles. The van der Waals surface area contributed by atoms with E-state index in [1.165, 1.54) is 4.90 Å². The van der Waals surface area contributed by atoms with E-state index < -0.39 is 11.6 Å². The van der Waals surface area contributed by atoms with Crippen LogP contribution in [0.4, 0.5) is 5.69 Å². The molecule has 1 aliphatic carbocycles. The Labute approximate surface area is 174 Å². The maximum atomic E-state index is 13.5. The molecule has 3 fully saturated rings. The van der Waals surface area contributed by atoms with E-state index in [4.69, 9.17) is 4.74 Å². The third-order valence-electron chi connectivity index (χ3n) is 6.57. The van der Waals surface area contributed by atoms with Crippen molar-refractivity contribution >= 4 is 29.4 Å². The molecule has 0 bridgehead atoms. The van der Waals surface area contributed by atoms with Crippen LogP contribution in [0.2, 0.25) is 0 Å². The number of carbonyl (C=O) groups is 4. The second-order valence-electron chi connectivity index (χ2n) is 8.49. The summed E-state index contributed by atoms with van der Waals surface area (Å²) in [6.45, 7) is 0.982. The zero-order valence-electron chi connectivity index (χ0n) is 16.8. The number of para-hydroxylation sites is 1. The fraction of sp³-hybridized carbons (Fsp3) is 0.545. The van der Waals surface area contributed by atoms with E-state index in [-0.39, 0.29) is 43.2 Å². The summed E-state index contributed by atoms with van der Waals surface area (Å²) in [6, 6.07) is 6.80. The number of esters is 1. The van der Waals surface area contributed by atoms with Crippen molar-refractivity contribution in [2.45, 2.75) is 56.7 Å². The van der Waals surface area contributed by atoms with Crippen molar-refractivity contribution in [3.05, 3.63) is 29.8 Å². The number of ether oxygens (including phenoxy) is 1. The van der Waals surface area contributed by atoms with E-state index in [0.29, 0.717) is 24.3 Å². The van der Waals surface area contributed by atoms with Crippen LogP contribution in [-0.2, 0) is 19.1 Å². The Hall–Kier alpha value is -2.90. The molecule has 1 aromatic rings. The molecule has 0 radical (unpaired) electrons. The summed E-state index contributed by atoms with van der Waals surface area (Å²) in [5.41, 5.74) is -0.625. The highest BCUT2D eigenvalue weighted by Gasteiger charge is 2.64. The number of anilines is 1. The molecule has 0 spiro atoms. The minimum absolute atomic E-state index is 0.0930. The number of hydrogen-bond acceptors (Lipinski definition) is 5. The number of nitrogens with zero attached hydrogens (tertiary/aromatic N) is 3. The molecule has 8 heteroatoms. The summed E-state index contributed by atoms with van der Waals surface area (Å²) < 4.78 is 5.50. The number of hydrogen-bond donors (Lipinski definition) is 0. The van der Waals surface area contributed by atoms with Gasteiger partial charge in [-0.05, 0) is 44.2 Å². The maximum Gasteiger partial charge on any atom is 0.354 e. The van der Waals surface area contributed by atoms with Crippen molar-refractivity contribution in [3.8, 4) is 0 Å². The molecule has 0 unspecified atom stereocenters. The second-order valence-corrected chi connectivity index (χ2v) is 8.49. The van der Waals surface area contributed by atoms with E-state index in [0.717, 1.165) is 32.1 Å². The fourth-order valence-corrected chi connectivity index (χ4v) is 4.99. The lowest BCUT2D eigenvalue weighted by atomic mass is 9.96. The van der Waals surface area contributed by atoms with Crippen molar-refractivity contribution in [2.24, 2.45) is 0 Å². The fourth-order valence-electron chi connectivity index (χ4n) is 4.99. The van der Waals surface area contributed by atoms with Crippen LogP contribution in [0.25, 0.3) is 0 Å². The smallest absolute Gasteiger partial charge is 0.354 e. The molecule has 0 N–H and O–H groups in total. The van der Waals surface area contributed by atoms with Crippen molar-refractivity contribution in [3.63, 3.8) is 0 Å². The van der Waals surface area contributed by atoms with Gasteiger partial charge in [-0.15, -0.1) is 0 Å². The molecule has 5 rings (SSSR count). The largest absolute Gasteiger partial charge is 0.452 e. The average molecular weight is 411 g/mol. The van der Waals surface area contributed by atoms with Gasteiger partial charge >= 0.3 is 5.97 Å². The predicted molar refractivity (Wildman–Crippen MR) is 106 cm³/mol. The molecule has 1 aromatic carbocycles. The monoisotopic (exact) mass is 411 g/mol. The summed E-state index contributed by atoms with van der Waals surface area (Å²) in [5, 5.41) is 0. The summed E-state index contributed by atoms with van der Waals surface area (Å²) in [5.74, 6) is -1.37. The zero-order valence-corrected chi connectivity index (χ0v) is 16.8. The van der Waals surface area contributed by atoms with E-state index >= 15 is 0 Å². The third-order valence-corrected chi connectivity index (χ3v) is 6.57. The van der Waals surface area contributed by atoms with Gasteiger partial charge in [-0.3, -0.25) is 19.3 Å². The molecule has 3 heterocycles. The number of rotatable bonds is 4. The van der Waals surface area contributed by atoms with Crippen LogP contribution in [0.5, 0.6) is 0 Å². The highest BCUT2D eigenvalue weighted by atomic mass is 16.5. The molecule has 8 nitrogen and oxygen atoms in total. The first-order valence-electron chi connectivity index (χ1n) is 10.7. The summed E-state index contributed by atoms with van der Waals surface area (Å²) in [6.07, 6.45) is 4.91. The van der Waals surface area contributed by atoms with Crippen LogP contribution in [0, 0.1) is 0 Å². The van der Waals surface area contributed by atoms with Gasteiger partial charge in [0, 0.05) is 32.0 Å². The highest BCUT2D eigenvalue weighted by molar-refractivity contribution is 6.15. The molecular weight excluding hydrogens is 386 g/mol. The molecule has 1 atom stereocenters. The SMILES string of the molecule is O=C(COC(=O)[C@]12CCC(=O)N1c1ccccc1C(=O)N2C1CC1)N1CCCCC1. The summed E-state index contributed by atoms with van der Waals surface area (Å²) in [7, 11) is 0. The molecule has 1 saturated carbocycles. The van der Waals surface area contributed by atoms with Gasteiger partial charge in [0.1, 0.15) is 0 Å². The van der Waals surface area contributed by atoms with Gasteiger partial charge in [0.05, 0.1) is 11.3 Å². The standard InChI is InChI=1S/C22H25N3O5/c26-18-10-11-22(21(29)30-14-19(27)23-12-4-1-5-13-23)24(15-8-9-15)20(28)16-6-2-3-7-17(16)25(18)22/h2-3,6-7,15H,1,4-5,8-14H2/t22-/m0/s1. The molecular formula is C22H25N3O5. The lowest BCUT2D eigenvalue weighted by molar-refractivity contribution is -0.162. The number of amides is 3. The Morgan fingerprint density at radius 2 is 1.80 bits per heavy atom. The van der Waals surface area contributed by atoms with Gasteiger partial charge in [0.2, 0.25) is 11.6 Å². The van der Waals surface area contributed by atoms with Crippen LogP contribution in [0.15, 0.2) is 24.3 Å². The van der Waals surface area contributed by atoms with Crippen molar-refractivity contribution in [1.29, 1.82) is 0 Å². The van der Waals surface area contributed by atoms with E-state index in [2.05, 4.69) is 0 Å². The van der Waals surface area contributed by atoms with E-state index in [1.54, 1.807) is 34.1 Å². The molecule has 158 valence electrons. The van der Waals surface area contributed by atoms with Crippen molar-refractivity contribution < 1.29 is 23.9 Å². The quantitative estimate of drug-likeness (QED) is 0.704. The summed E-state index contributed by atoms with van der Waals surface area (Å²) >= 11 is 0. The number of piperidine rings is 1. The Morgan fingerprint density at radius 3 is 2.53 bits per heavy atom. The lowest BCUT2D eigenvalue weighted by Gasteiger charge is -2.48. The van der Waals surface area contributed by atoms with Gasteiger partial charge in [-0.25, -0.2) is 4.79 Å². The van der Waals surface area contributed by atoms with Crippen LogP contribution in [0.3, 0.4) is 0 Å². The lowest BCUT2D eigenvalue weighted by Crippen LogP contribution is -2.69. The van der Waals surface area contributed by atoms with Gasteiger partial charge < -0.3 is 14.5 Å². The van der Waals surface area contributed by atoms with Gasteiger partial charge in [-0.1, -0.05) is 12.1 Å². The van der Waals surface area contributed by atoms with Crippen LogP contribution in [-0.4, -0.2) is 64.9 Å². The average Bonchev–Trinajstić information content (AvgIpc) is 3.55. The zero-order chi connectivity index (χ0) is 20.9. The topological polar surface area (TPSA) is 87.2 Å². The number of fused-ring (bicyclic) bond motifs is 3. The first-order valence-corrected chi connectivity index (χ1v) is 10.7. The first-order chi connectivity index (χ1) is 14.5. The molecule has 0 aromatic heterocycles. The van der Waals surface area contributed by atoms with Gasteiger partial charge in [0.25, 0.3) is 11.8 Å². The molecule has 30 heavy (non-hydrogen) atoms. The summed E-state index contributed by atoms with van der Waals surface area (Å²) in [4.78, 5) is 56.9. The normalized spacial score (nSPS) is 25.8. The predicted octanol–water partition coefficient (Wildman–Crippen LogP) is 1.68. The first kappa shape index (κ1) is 19.1. The maximum absolute atomic E-state index is 13.5. The molecule has 3 aliphatic heterocycles. The van der Waals surface area contributed by atoms with Crippen LogP contribution < -0.4 is 4.90 Å². The van der Waals surface area contributed by atoms with Crippen molar-refractivity contribution in [1.82, 2.24) is 9.80 Å². The van der Waals surface area contributed by atoms with E-state index in [9.17, 15) is 19.2 Å². The Kier molecular flexibility index (Phi) is 4.52. The highest BCUT2D eigenvalue weighted by Crippen LogP contribution is 2.49. The Bertz CT molecular complexity index is 921. The van der Waals surface area contributed by atoms with Crippen molar-refractivity contribution in [2.75, 3.05) is 24.6 Å². The van der Waals surface area contributed by atoms with Crippen LogP contribution in [0.1, 0.15) is 55.3 Å². The minimum atomic E-state index is -1.49. The Balaban J connectivity index is 1.46. The van der Waals surface area contributed by atoms with Crippen LogP contribution >= 0.6 is 0 Å². The van der Waals surface area contributed by atoms with Gasteiger partial charge in [0.15, 0.2) is 6.61 Å². The second kappa shape index (κ2) is 7.11. The van der Waals surface area contributed by atoms with E-state index in [1.807, 2.05) is 0 Å². The number of benzene rings is 1. The number of carbonyl (C=O) groups excluding carboxylic acids is 4. The molecule has 4 aliphatic rings. The third kappa shape index (κ3) is 2.80. The molecule has 3 amide bonds. The van der Waals surface area contributed by atoms with Gasteiger partial charge in [-0.2, -0.15) is 0 Å². The minimum Gasteiger partial charge on any atom is -0.452 e. The Morgan fingerprint density at radius 1 is 1.07 bits per heavy atom. The number of likely N-dealkylation sites (tertiary alicyclic amines) is 1.